The van der Waals surface area contributed by atoms with E-state index in [0.29, 0.717) is 24.1 Å². The Morgan fingerprint density at radius 1 is 1.07 bits per heavy atom. The number of nitrogens with two attached hydrogens (primary N) is 1. The molecule has 6 nitrogen and oxygen atoms in total. The molecule has 0 spiro atoms. The van der Waals surface area contributed by atoms with Crippen LogP contribution >= 0.6 is 0 Å². The van der Waals surface area contributed by atoms with Crippen LogP contribution in [0.15, 0.2) is 18.2 Å². The van der Waals surface area contributed by atoms with Crippen LogP contribution in [0.3, 0.4) is 0 Å². The Balaban J connectivity index is 1.57. The summed E-state index contributed by atoms with van der Waals surface area (Å²) in [5.41, 5.74) is 7.59. The van der Waals surface area contributed by atoms with Crippen LogP contribution in [0.25, 0.3) is 0 Å². The fraction of sp³-hybridized carbons (Fsp3) is 0.619. The maximum absolute atomic E-state index is 6.56. The predicted molar refractivity (Wildman–Crippen MR) is 104 cm³/mol. The average molecular weight is 370 g/mol. The van der Waals surface area contributed by atoms with Gasteiger partial charge in [0.25, 0.3) is 0 Å². The topological polar surface area (TPSA) is 75.2 Å². The highest BCUT2D eigenvalue weighted by Gasteiger charge is 2.31. The molecule has 27 heavy (non-hydrogen) atoms. The highest BCUT2D eigenvalue weighted by Crippen LogP contribution is 2.39. The van der Waals surface area contributed by atoms with Crippen molar-refractivity contribution in [2.24, 2.45) is 5.73 Å². The largest absolute Gasteiger partial charge is 0.493 e. The van der Waals surface area contributed by atoms with E-state index < -0.39 is 0 Å². The van der Waals surface area contributed by atoms with Crippen molar-refractivity contribution in [3.63, 3.8) is 0 Å². The van der Waals surface area contributed by atoms with E-state index in [0.717, 1.165) is 23.0 Å². The second-order valence-corrected chi connectivity index (χ2v) is 7.82. The molecule has 0 aliphatic heterocycles. The molecule has 2 aliphatic carbocycles. The van der Waals surface area contributed by atoms with E-state index in [-0.39, 0.29) is 6.04 Å². The van der Waals surface area contributed by atoms with Gasteiger partial charge in [-0.05, 0) is 43.4 Å². The van der Waals surface area contributed by atoms with E-state index in [1.165, 1.54) is 44.9 Å². The predicted octanol–water partition coefficient (Wildman–Crippen LogP) is 3.92. The standard InChI is InChI=1S/C21H30N4O2/c1-26-18-11-10-15(12-19(18)27-2)17(22)13-20-23-21(14-8-9-14)24-25(20)16-6-4-3-5-7-16/h10-12,14,16-17H,3-9,13,22H2,1-2H3/t17-/m1/s1. The summed E-state index contributed by atoms with van der Waals surface area (Å²) in [4.78, 5) is 4.91. The molecule has 0 bridgehead atoms. The fourth-order valence-corrected chi connectivity index (χ4v) is 4.04. The quantitative estimate of drug-likeness (QED) is 0.799. The second kappa shape index (κ2) is 7.89. The number of hydrogen-bond donors (Lipinski definition) is 1. The monoisotopic (exact) mass is 370 g/mol. The molecule has 2 N–H and O–H groups in total. The molecule has 1 atom stereocenters. The molecule has 2 saturated carbocycles. The average Bonchev–Trinajstić information content (AvgIpc) is 3.48. The molecule has 1 aromatic carbocycles. The van der Waals surface area contributed by atoms with Gasteiger partial charge in [-0.1, -0.05) is 25.3 Å². The normalized spacial score (nSPS) is 19.1. The van der Waals surface area contributed by atoms with Gasteiger partial charge >= 0.3 is 0 Å². The number of hydrogen-bond acceptors (Lipinski definition) is 5. The molecule has 1 heterocycles. The minimum absolute atomic E-state index is 0.150. The third kappa shape index (κ3) is 3.95. The van der Waals surface area contributed by atoms with Crippen molar-refractivity contribution >= 4 is 0 Å². The molecule has 1 aromatic heterocycles. The Morgan fingerprint density at radius 3 is 2.48 bits per heavy atom. The summed E-state index contributed by atoms with van der Waals surface area (Å²) in [6.45, 7) is 0. The third-order valence-electron chi connectivity index (χ3n) is 5.82. The van der Waals surface area contributed by atoms with Crippen molar-refractivity contribution in [1.29, 1.82) is 0 Å². The van der Waals surface area contributed by atoms with Gasteiger partial charge in [0, 0.05) is 18.4 Å². The number of aromatic nitrogens is 3. The first-order valence-electron chi connectivity index (χ1n) is 10.1. The van der Waals surface area contributed by atoms with Gasteiger partial charge < -0.3 is 15.2 Å². The highest BCUT2D eigenvalue weighted by molar-refractivity contribution is 5.43. The Morgan fingerprint density at radius 2 is 1.81 bits per heavy atom. The highest BCUT2D eigenvalue weighted by atomic mass is 16.5. The van der Waals surface area contributed by atoms with Crippen molar-refractivity contribution in [2.45, 2.75) is 69.4 Å². The van der Waals surface area contributed by atoms with E-state index in [4.69, 9.17) is 25.3 Å². The maximum Gasteiger partial charge on any atom is 0.161 e. The van der Waals surface area contributed by atoms with Crippen LogP contribution in [0.5, 0.6) is 11.5 Å². The van der Waals surface area contributed by atoms with Crippen LogP contribution in [0.4, 0.5) is 0 Å². The molecule has 6 heteroatoms. The summed E-state index contributed by atoms with van der Waals surface area (Å²) in [6.07, 6.45) is 9.42. The van der Waals surface area contributed by atoms with E-state index in [1.807, 2.05) is 18.2 Å². The molecule has 0 radical (unpaired) electrons. The van der Waals surface area contributed by atoms with Crippen LogP contribution in [-0.2, 0) is 6.42 Å². The van der Waals surface area contributed by atoms with Crippen molar-refractivity contribution in [3.8, 4) is 11.5 Å². The van der Waals surface area contributed by atoms with Gasteiger partial charge in [-0.25, -0.2) is 9.67 Å². The summed E-state index contributed by atoms with van der Waals surface area (Å²) in [6, 6.07) is 6.21. The van der Waals surface area contributed by atoms with Crippen LogP contribution in [-0.4, -0.2) is 29.0 Å². The zero-order valence-electron chi connectivity index (χ0n) is 16.4. The van der Waals surface area contributed by atoms with E-state index in [9.17, 15) is 0 Å². The van der Waals surface area contributed by atoms with Gasteiger partial charge in [-0.3, -0.25) is 0 Å². The smallest absolute Gasteiger partial charge is 0.161 e. The number of methoxy groups -OCH3 is 2. The summed E-state index contributed by atoms with van der Waals surface area (Å²) in [7, 11) is 3.29. The van der Waals surface area contributed by atoms with Crippen LogP contribution < -0.4 is 15.2 Å². The molecule has 2 aliphatic rings. The number of benzene rings is 1. The van der Waals surface area contributed by atoms with Crippen molar-refractivity contribution in [2.75, 3.05) is 14.2 Å². The molecule has 0 unspecified atom stereocenters. The zero-order valence-corrected chi connectivity index (χ0v) is 16.4. The first kappa shape index (κ1) is 18.3. The van der Waals surface area contributed by atoms with Gasteiger partial charge in [-0.15, -0.1) is 0 Å². The van der Waals surface area contributed by atoms with Gasteiger partial charge in [0.05, 0.1) is 20.3 Å². The second-order valence-electron chi connectivity index (χ2n) is 7.82. The first-order chi connectivity index (χ1) is 13.2. The number of ether oxygens (including phenoxy) is 2. The molecule has 4 rings (SSSR count). The van der Waals surface area contributed by atoms with Crippen LogP contribution in [0.1, 0.15) is 80.2 Å². The zero-order chi connectivity index (χ0) is 18.8. The summed E-state index contributed by atoms with van der Waals surface area (Å²) in [5, 5.41) is 4.91. The van der Waals surface area contributed by atoms with Crippen LogP contribution in [0, 0.1) is 0 Å². The van der Waals surface area contributed by atoms with E-state index >= 15 is 0 Å². The molecule has 2 aromatic rings. The minimum atomic E-state index is -0.150. The van der Waals surface area contributed by atoms with Gasteiger partial charge in [0.15, 0.2) is 17.3 Å². The molecule has 146 valence electrons. The number of nitrogens with zero attached hydrogens (tertiary/aromatic N) is 3. The molecule has 0 amide bonds. The minimum Gasteiger partial charge on any atom is -0.493 e. The lowest BCUT2D eigenvalue weighted by Crippen LogP contribution is -2.21. The lowest BCUT2D eigenvalue weighted by molar-refractivity contribution is 0.318. The van der Waals surface area contributed by atoms with Crippen LogP contribution in [0.2, 0.25) is 0 Å². The summed E-state index contributed by atoms with van der Waals surface area (Å²) in [5.74, 6) is 4.04. The summed E-state index contributed by atoms with van der Waals surface area (Å²) < 4.78 is 13.0. The Hall–Kier alpha value is -2.08. The third-order valence-corrected chi connectivity index (χ3v) is 5.82. The van der Waals surface area contributed by atoms with Gasteiger partial charge in [0.2, 0.25) is 0 Å². The van der Waals surface area contributed by atoms with Gasteiger partial charge in [0.1, 0.15) is 5.82 Å². The molecular formula is C21H30N4O2. The molecular weight excluding hydrogens is 340 g/mol. The Kier molecular flexibility index (Phi) is 5.34. The van der Waals surface area contributed by atoms with Gasteiger partial charge in [-0.2, -0.15) is 5.10 Å². The Labute approximate surface area is 161 Å². The van der Waals surface area contributed by atoms with E-state index in [1.54, 1.807) is 14.2 Å². The maximum atomic E-state index is 6.56. The fourth-order valence-electron chi connectivity index (χ4n) is 4.04. The summed E-state index contributed by atoms with van der Waals surface area (Å²) >= 11 is 0. The van der Waals surface area contributed by atoms with E-state index in [2.05, 4.69) is 4.68 Å². The Bertz CT molecular complexity index is 778. The molecule has 0 saturated heterocycles. The van der Waals surface area contributed by atoms with Crippen molar-refractivity contribution in [1.82, 2.24) is 14.8 Å². The first-order valence-corrected chi connectivity index (χ1v) is 10.1. The lowest BCUT2D eigenvalue weighted by Gasteiger charge is -2.24. The van der Waals surface area contributed by atoms with Crippen molar-refractivity contribution in [3.05, 3.63) is 35.4 Å². The molecule has 2 fully saturated rings. The van der Waals surface area contributed by atoms with Crippen molar-refractivity contribution < 1.29 is 9.47 Å². The lowest BCUT2D eigenvalue weighted by atomic mass is 9.95. The number of rotatable bonds is 7. The SMILES string of the molecule is COc1ccc([C@H](N)Cc2nc(C3CC3)nn2C2CCCCC2)cc1OC.